The third-order valence-electron chi connectivity index (χ3n) is 3.03. The molecule has 18 heavy (non-hydrogen) atoms. The maximum atomic E-state index is 12.3. The first-order valence-corrected chi connectivity index (χ1v) is 7.18. The number of carboxylic acids is 1. The molecule has 0 unspecified atom stereocenters. The Morgan fingerprint density at radius 2 is 2.33 bits per heavy atom. The van der Waals surface area contributed by atoms with E-state index in [4.69, 9.17) is 5.11 Å². The molecule has 0 amide bonds. The first-order chi connectivity index (χ1) is 8.46. The number of hydrogen-bond donors (Lipinski definition) is 1. The molecule has 0 aromatic carbocycles. The highest BCUT2D eigenvalue weighted by molar-refractivity contribution is 7.89. The Morgan fingerprint density at radius 3 is 2.89 bits per heavy atom. The van der Waals surface area contributed by atoms with Crippen molar-refractivity contribution in [1.82, 2.24) is 14.1 Å². The standard InChI is InChI=1S/C10H15N3O4S/c1-2-12-7-8(6-11-12)18(16,17)13-5-3-4-9(13)10(14)15/h6-7,9H,2-5H2,1H3,(H,14,15)/t9-/m1/s1. The predicted octanol–water partition coefficient (Wildman–Crippen LogP) is 0.141. The van der Waals surface area contributed by atoms with Gasteiger partial charge in [-0.2, -0.15) is 9.40 Å². The fourth-order valence-corrected chi connectivity index (χ4v) is 3.67. The topological polar surface area (TPSA) is 92.5 Å². The summed E-state index contributed by atoms with van der Waals surface area (Å²) in [5, 5.41) is 12.9. The first kappa shape index (κ1) is 13.0. The molecule has 2 heterocycles. The van der Waals surface area contributed by atoms with Gasteiger partial charge in [-0.1, -0.05) is 0 Å². The third kappa shape index (κ3) is 2.13. The van der Waals surface area contributed by atoms with Crippen LogP contribution < -0.4 is 0 Å². The van der Waals surface area contributed by atoms with Gasteiger partial charge >= 0.3 is 5.97 Å². The average Bonchev–Trinajstić information content (AvgIpc) is 2.98. The summed E-state index contributed by atoms with van der Waals surface area (Å²) >= 11 is 0. The summed E-state index contributed by atoms with van der Waals surface area (Å²) in [6, 6.07) is -0.958. The van der Waals surface area contributed by atoms with Gasteiger partial charge in [-0.25, -0.2) is 8.42 Å². The minimum Gasteiger partial charge on any atom is -0.480 e. The summed E-state index contributed by atoms with van der Waals surface area (Å²) in [5.41, 5.74) is 0. The number of aromatic nitrogens is 2. The molecule has 2 rings (SSSR count). The molecule has 1 aliphatic heterocycles. The van der Waals surface area contributed by atoms with Crippen molar-refractivity contribution in [2.45, 2.75) is 37.2 Å². The quantitative estimate of drug-likeness (QED) is 0.842. The molecule has 1 aromatic heterocycles. The van der Waals surface area contributed by atoms with Gasteiger partial charge < -0.3 is 5.11 Å². The smallest absolute Gasteiger partial charge is 0.322 e. The van der Waals surface area contributed by atoms with Crippen LogP contribution in [0.25, 0.3) is 0 Å². The minimum atomic E-state index is -3.75. The molecule has 1 fully saturated rings. The number of aliphatic carboxylic acids is 1. The highest BCUT2D eigenvalue weighted by Gasteiger charge is 2.39. The van der Waals surface area contributed by atoms with E-state index >= 15 is 0 Å². The van der Waals surface area contributed by atoms with Gasteiger partial charge in [-0.3, -0.25) is 9.48 Å². The molecular formula is C10H15N3O4S. The van der Waals surface area contributed by atoms with Crippen molar-refractivity contribution in [2.24, 2.45) is 0 Å². The van der Waals surface area contributed by atoms with E-state index in [-0.39, 0.29) is 11.4 Å². The molecule has 100 valence electrons. The van der Waals surface area contributed by atoms with E-state index in [1.54, 1.807) is 0 Å². The molecular weight excluding hydrogens is 258 g/mol. The van der Waals surface area contributed by atoms with Gasteiger partial charge in [0.25, 0.3) is 0 Å². The largest absolute Gasteiger partial charge is 0.480 e. The molecule has 1 aliphatic rings. The number of aryl methyl sites for hydroxylation is 1. The summed E-state index contributed by atoms with van der Waals surface area (Å²) in [6.07, 6.45) is 3.61. The van der Waals surface area contributed by atoms with E-state index in [0.29, 0.717) is 19.4 Å². The molecule has 1 atom stereocenters. The van der Waals surface area contributed by atoms with Crippen LogP contribution >= 0.6 is 0 Å². The fraction of sp³-hybridized carbons (Fsp3) is 0.600. The van der Waals surface area contributed by atoms with E-state index in [0.717, 1.165) is 4.31 Å². The van der Waals surface area contributed by atoms with Crippen molar-refractivity contribution in [3.8, 4) is 0 Å². The van der Waals surface area contributed by atoms with Crippen LogP contribution in [0.3, 0.4) is 0 Å². The summed E-state index contributed by atoms with van der Waals surface area (Å²) in [7, 11) is -3.75. The number of hydrogen-bond acceptors (Lipinski definition) is 4. The highest BCUT2D eigenvalue weighted by atomic mass is 32.2. The van der Waals surface area contributed by atoms with Crippen LogP contribution in [0.1, 0.15) is 19.8 Å². The van der Waals surface area contributed by atoms with Gasteiger partial charge in [0.15, 0.2) is 0 Å². The van der Waals surface area contributed by atoms with Crippen LogP contribution in [0.2, 0.25) is 0 Å². The minimum absolute atomic E-state index is 0.0532. The number of rotatable bonds is 4. The fourth-order valence-electron chi connectivity index (χ4n) is 2.06. The number of sulfonamides is 1. The van der Waals surface area contributed by atoms with Crippen LogP contribution in [-0.2, 0) is 21.4 Å². The lowest BCUT2D eigenvalue weighted by molar-refractivity contribution is -0.140. The summed E-state index contributed by atoms with van der Waals surface area (Å²) in [4.78, 5) is 11.1. The second kappa shape index (κ2) is 4.69. The van der Waals surface area contributed by atoms with Crippen LogP contribution in [0, 0.1) is 0 Å². The number of carbonyl (C=O) groups is 1. The van der Waals surface area contributed by atoms with Gasteiger partial charge in [0, 0.05) is 19.3 Å². The summed E-state index contributed by atoms with van der Waals surface area (Å²) < 4.78 is 27.1. The zero-order valence-corrected chi connectivity index (χ0v) is 10.8. The molecule has 0 saturated carbocycles. The van der Waals surface area contributed by atoms with E-state index in [1.807, 2.05) is 6.92 Å². The van der Waals surface area contributed by atoms with Gasteiger partial charge in [0.05, 0.1) is 6.20 Å². The van der Waals surface area contributed by atoms with E-state index < -0.39 is 22.0 Å². The second-order valence-corrected chi connectivity index (χ2v) is 6.03. The molecule has 0 bridgehead atoms. The van der Waals surface area contributed by atoms with Gasteiger partial charge in [-0.05, 0) is 19.8 Å². The van der Waals surface area contributed by atoms with Crippen molar-refractivity contribution >= 4 is 16.0 Å². The van der Waals surface area contributed by atoms with Crippen molar-refractivity contribution < 1.29 is 18.3 Å². The lowest BCUT2D eigenvalue weighted by Crippen LogP contribution is -2.40. The average molecular weight is 273 g/mol. The predicted molar refractivity (Wildman–Crippen MR) is 62.5 cm³/mol. The van der Waals surface area contributed by atoms with Crippen molar-refractivity contribution in [1.29, 1.82) is 0 Å². The Kier molecular flexibility index (Phi) is 3.40. The molecule has 1 saturated heterocycles. The Labute approximate surface area is 105 Å². The number of carboxylic acid groups (broad SMARTS) is 1. The first-order valence-electron chi connectivity index (χ1n) is 5.74. The Hall–Kier alpha value is -1.41. The lowest BCUT2D eigenvalue weighted by atomic mass is 10.2. The van der Waals surface area contributed by atoms with Crippen LogP contribution in [0.5, 0.6) is 0 Å². The Bertz CT molecular complexity index is 551. The van der Waals surface area contributed by atoms with E-state index in [9.17, 15) is 13.2 Å². The molecule has 0 spiro atoms. The molecule has 1 N–H and O–H groups in total. The monoisotopic (exact) mass is 273 g/mol. The summed E-state index contributed by atoms with van der Waals surface area (Å²) in [5.74, 6) is -1.10. The van der Waals surface area contributed by atoms with Crippen LogP contribution in [0.15, 0.2) is 17.3 Å². The maximum absolute atomic E-state index is 12.3. The van der Waals surface area contributed by atoms with Gasteiger partial charge in [0.2, 0.25) is 10.0 Å². The van der Waals surface area contributed by atoms with Gasteiger partial charge in [0.1, 0.15) is 10.9 Å². The normalized spacial score (nSPS) is 21.3. The maximum Gasteiger partial charge on any atom is 0.322 e. The highest BCUT2D eigenvalue weighted by Crippen LogP contribution is 2.25. The molecule has 8 heteroatoms. The zero-order valence-electron chi connectivity index (χ0n) is 9.98. The second-order valence-electron chi connectivity index (χ2n) is 4.14. The van der Waals surface area contributed by atoms with Crippen molar-refractivity contribution in [2.75, 3.05) is 6.54 Å². The van der Waals surface area contributed by atoms with E-state index in [1.165, 1.54) is 17.1 Å². The van der Waals surface area contributed by atoms with E-state index in [2.05, 4.69) is 5.10 Å². The SMILES string of the molecule is CCn1cc(S(=O)(=O)N2CCC[C@@H]2C(=O)O)cn1. The Balaban J connectivity index is 2.33. The zero-order chi connectivity index (χ0) is 13.3. The van der Waals surface area contributed by atoms with Crippen LogP contribution in [0.4, 0.5) is 0 Å². The van der Waals surface area contributed by atoms with Gasteiger partial charge in [-0.15, -0.1) is 0 Å². The number of nitrogens with zero attached hydrogens (tertiary/aromatic N) is 3. The molecule has 0 radical (unpaired) electrons. The lowest BCUT2D eigenvalue weighted by Gasteiger charge is -2.19. The van der Waals surface area contributed by atoms with Crippen molar-refractivity contribution in [3.63, 3.8) is 0 Å². The molecule has 0 aliphatic carbocycles. The molecule has 7 nitrogen and oxygen atoms in total. The Morgan fingerprint density at radius 1 is 1.61 bits per heavy atom. The van der Waals surface area contributed by atoms with Crippen molar-refractivity contribution in [3.05, 3.63) is 12.4 Å². The molecule has 1 aromatic rings. The third-order valence-corrected chi connectivity index (χ3v) is 4.89. The van der Waals surface area contributed by atoms with Crippen LogP contribution in [-0.4, -0.2) is 46.2 Å². The summed E-state index contributed by atoms with van der Waals surface area (Å²) in [6.45, 7) is 2.66.